The van der Waals surface area contributed by atoms with Gasteiger partial charge in [-0.15, -0.1) is 0 Å². The highest BCUT2D eigenvalue weighted by Gasteiger charge is 2.12. The number of carbonyl (C=O) groups excluding carboxylic acids is 1. The molecule has 0 aliphatic rings. The smallest absolute Gasteiger partial charge is 0.253 e. The highest BCUT2D eigenvalue weighted by Crippen LogP contribution is 2.12. The first kappa shape index (κ1) is 20.9. The van der Waals surface area contributed by atoms with E-state index in [1.54, 1.807) is 42.4 Å². The van der Waals surface area contributed by atoms with Crippen LogP contribution in [0.1, 0.15) is 35.7 Å². The number of primary sulfonamides is 1. The first-order chi connectivity index (χ1) is 12.8. The Morgan fingerprint density at radius 1 is 1.22 bits per heavy atom. The molecule has 0 saturated carbocycles. The lowest BCUT2D eigenvalue weighted by Crippen LogP contribution is -2.27. The summed E-state index contributed by atoms with van der Waals surface area (Å²) in [6, 6.07) is 9.91. The van der Waals surface area contributed by atoms with Gasteiger partial charge in [-0.05, 0) is 42.7 Å². The number of hydrogen-bond acceptors (Lipinski definition) is 5. The number of unbranched alkanes of at least 4 members (excludes halogenated alkanes) is 1. The van der Waals surface area contributed by atoms with E-state index in [1.807, 2.05) is 0 Å². The lowest BCUT2D eigenvalue weighted by molar-refractivity contribution is 0.0793. The summed E-state index contributed by atoms with van der Waals surface area (Å²) in [7, 11) is -1.87. The molecule has 0 aliphatic heterocycles. The maximum atomic E-state index is 12.4. The van der Waals surface area contributed by atoms with Gasteiger partial charge in [0.05, 0.1) is 4.90 Å². The van der Waals surface area contributed by atoms with E-state index >= 15 is 0 Å². The van der Waals surface area contributed by atoms with Gasteiger partial charge in [-0.25, -0.2) is 18.5 Å². The third kappa shape index (κ3) is 6.33. The molecule has 0 aliphatic carbocycles. The number of nitrogens with zero attached hydrogens (tertiary/aromatic N) is 2. The molecule has 3 N–H and O–H groups in total. The number of amides is 1. The lowest BCUT2D eigenvalue weighted by atomic mass is 10.1. The van der Waals surface area contributed by atoms with E-state index in [-0.39, 0.29) is 10.8 Å². The van der Waals surface area contributed by atoms with Crippen molar-refractivity contribution < 1.29 is 13.2 Å². The number of hydrogen-bond donors (Lipinski definition) is 2. The van der Waals surface area contributed by atoms with Crippen LogP contribution in [0.5, 0.6) is 0 Å². The van der Waals surface area contributed by atoms with Crippen molar-refractivity contribution in [2.45, 2.75) is 31.1 Å². The van der Waals surface area contributed by atoms with Gasteiger partial charge in [0.15, 0.2) is 0 Å². The third-order valence-electron chi connectivity index (χ3n) is 4.17. The molecule has 1 amide bonds. The zero-order chi connectivity index (χ0) is 19.9. The fraction of sp³-hybridized carbons (Fsp3) is 0.368. The largest absolute Gasteiger partial charge is 0.370 e. The van der Waals surface area contributed by atoms with Crippen LogP contribution in [-0.4, -0.2) is 44.3 Å². The normalized spacial score (nSPS) is 11.2. The Kier molecular flexibility index (Phi) is 7.32. The summed E-state index contributed by atoms with van der Waals surface area (Å²) in [4.78, 5) is 18.5. The topological polar surface area (TPSA) is 105 Å². The van der Waals surface area contributed by atoms with Gasteiger partial charge >= 0.3 is 0 Å². The van der Waals surface area contributed by atoms with Crippen LogP contribution in [0.2, 0.25) is 0 Å². The van der Waals surface area contributed by atoms with Crippen LogP contribution < -0.4 is 10.5 Å². The highest BCUT2D eigenvalue weighted by atomic mass is 32.2. The van der Waals surface area contributed by atoms with E-state index in [9.17, 15) is 13.2 Å². The Hall–Kier alpha value is -2.45. The number of aromatic nitrogens is 1. The molecule has 1 heterocycles. The minimum atomic E-state index is -3.67. The Morgan fingerprint density at radius 3 is 2.56 bits per heavy atom. The number of pyridine rings is 1. The second-order valence-electron chi connectivity index (χ2n) is 6.38. The van der Waals surface area contributed by atoms with Crippen molar-refractivity contribution in [1.82, 2.24) is 9.88 Å². The molecule has 0 bridgehead atoms. The molecule has 0 spiro atoms. The van der Waals surface area contributed by atoms with Crippen molar-refractivity contribution in [2.75, 3.05) is 25.5 Å². The van der Waals surface area contributed by atoms with Crippen LogP contribution in [0.15, 0.2) is 47.5 Å². The molecule has 7 nitrogen and oxygen atoms in total. The molecule has 146 valence electrons. The van der Waals surface area contributed by atoms with Crippen LogP contribution in [0.4, 0.5) is 5.82 Å². The second-order valence-corrected chi connectivity index (χ2v) is 7.94. The standard InChI is InChI=1S/C19H26N4O3S/c1-3-4-13-23(2)19(24)16-10-12-22-18(14-16)21-11-9-15-5-7-17(8-6-15)27(20,25)26/h5-8,10,12,14H,3-4,9,11,13H2,1-2H3,(H,21,22)(H2,20,25,26). The monoisotopic (exact) mass is 390 g/mol. The van der Waals surface area contributed by atoms with Crippen molar-refractivity contribution in [3.8, 4) is 0 Å². The zero-order valence-electron chi connectivity index (χ0n) is 15.7. The number of sulfonamides is 1. The first-order valence-electron chi connectivity index (χ1n) is 8.88. The molecule has 0 unspecified atom stereocenters. The van der Waals surface area contributed by atoms with E-state index in [2.05, 4.69) is 17.2 Å². The van der Waals surface area contributed by atoms with Crippen LogP contribution in [0.25, 0.3) is 0 Å². The summed E-state index contributed by atoms with van der Waals surface area (Å²) in [6.07, 6.45) is 4.31. The fourth-order valence-electron chi connectivity index (χ4n) is 2.56. The van der Waals surface area contributed by atoms with Gasteiger partial charge in [0.1, 0.15) is 5.82 Å². The maximum absolute atomic E-state index is 12.4. The van der Waals surface area contributed by atoms with Crippen molar-refractivity contribution >= 4 is 21.7 Å². The molecular weight excluding hydrogens is 364 g/mol. The van der Waals surface area contributed by atoms with Gasteiger partial charge in [-0.3, -0.25) is 4.79 Å². The number of nitrogens with one attached hydrogen (secondary N) is 1. The zero-order valence-corrected chi connectivity index (χ0v) is 16.5. The Balaban J connectivity index is 1.92. The first-order valence-corrected chi connectivity index (χ1v) is 10.4. The molecule has 2 aromatic rings. The second kappa shape index (κ2) is 9.48. The molecule has 1 aromatic heterocycles. The Bertz CT molecular complexity index is 867. The van der Waals surface area contributed by atoms with E-state index < -0.39 is 10.0 Å². The van der Waals surface area contributed by atoms with Crippen LogP contribution in [0, 0.1) is 0 Å². The predicted molar refractivity (Wildman–Crippen MR) is 106 cm³/mol. The number of carbonyl (C=O) groups is 1. The average molecular weight is 391 g/mol. The van der Waals surface area contributed by atoms with E-state index in [0.29, 0.717) is 24.3 Å². The molecule has 8 heteroatoms. The molecule has 0 saturated heterocycles. The summed E-state index contributed by atoms with van der Waals surface area (Å²) in [5.74, 6) is 0.610. The van der Waals surface area contributed by atoms with E-state index in [1.165, 1.54) is 12.1 Å². The summed E-state index contributed by atoms with van der Waals surface area (Å²) in [6.45, 7) is 3.43. The maximum Gasteiger partial charge on any atom is 0.253 e. The van der Waals surface area contributed by atoms with Crippen molar-refractivity contribution in [2.24, 2.45) is 5.14 Å². The number of anilines is 1. The summed E-state index contributed by atoms with van der Waals surface area (Å²) in [5, 5.41) is 8.28. The summed E-state index contributed by atoms with van der Waals surface area (Å²) in [5.41, 5.74) is 1.57. The SMILES string of the molecule is CCCCN(C)C(=O)c1ccnc(NCCc2ccc(S(N)(=O)=O)cc2)c1. The number of benzene rings is 1. The quantitative estimate of drug-likeness (QED) is 0.683. The number of nitrogens with two attached hydrogens (primary N) is 1. The molecule has 1 aromatic carbocycles. The van der Waals surface area contributed by atoms with Gasteiger partial charge < -0.3 is 10.2 Å². The highest BCUT2D eigenvalue weighted by molar-refractivity contribution is 7.89. The van der Waals surface area contributed by atoms with E-state index in [4.69, 9.17) is 5.14 Å². The van der Waals surface area contributed by atoms with Gasteiger partial charge in [0.2, 0.25) is 10.0 Å². The molecule has 0 fully saturated rings. The molecule has 27 heavy (non-hydrogen) atoms. The average Bonchev–Trinajstić information content (AvgIpc) is 2.65. The third-order valence-corrected chi connectivity index (χ3v) is 5.10. The molecule has 2 rings (SSSR count). The van der Waals surface area contributed by atoms with Crippen molar-refractivity contribution in [3.63, 3.8) is 0 Å². The fourth-order valence-corrected chi connectivity index (χ4v) is 3.07. The van der Waals surface area contributed by atoms with Crippen LogP contribution in [-0.2, 0) is 16.4 Å². The minimum absolute atomic E-state index is 0.0208. The lowest BCUT2D eigenvalue weighted by Gasteiger charge is -2.17. The van der Waals surface area contributed by atoms with Gasteiger partial charge in [0, 0.05) is 31.9 Å². The van der Waals surface area contributed by atoms with Crippen molar-refractivity contribution in [1.29, 1.82) is 0 Å². The van der Waals surface area contributed by atoms with Crippen LogP contribution >= 0.6 is 0 Å². The predicted octanol–water partition coefficient (Wildman–Crippen LogP) is 2.26. The van der Waals surface area contributed by atoms with Crippen LogP contribution in [0.3, 0.4) is 0 Å². The summed E-state index contributed by atoms with van der Waals surface area (Å²) < 4.78 is 22.5. The van der Waals surface area contributed by atoms with E-state index in [0.717, 1.165) is 24.9 Å². The Morgan fingerprint density at radius 2 is 1.93 bits per heavy atom. The minimum Gasteiger partial charge on any atom is -0.370 e. The van der Waals surface area contributed by atoms with Crippen molar-refractivity contribution in [3.05, 3.63) is 53.7 Å². The van der Waals surface area contributed by atoms with Gasteiger partial charge in [-0.1, -0.05) is 25.5 Å². The summed E-state index contributed by atoms with van der Waals surface area (Å²) >= 11 is 0. The molecule has 0 radical (unpaired) electrons. The Labute approximate surface area is 160 Å². The van der Waals surface area contributed by atoms with Gasteiger partial charge in [0.25, 0.3) is 5.91 Å². The molecular formula is C19H26N4O3S. The number of rotatable bonds is 9. The molecule has 0 atom stereocenters. The van der Waals surface area contributed by atoms with Gasteiger partial charge in [-0.2, -0.15) is 0 Å².